The Labute approximate surface area is 202 Å². The second-order valence-corrected chi connectivity index (χ2v) is 9.10. The van der Waals surface area contributed by atoms with Crippen molar-refractivity contribution in [1.82, 2.24) is 24.4 Å². The van der Waals surface area contributed by atoms with Crippen LogP contribution >= 0.6 is 22.9 Å². The first-order chi connectivity index (χ1) is 16.6. The molecule has 0 fully saturated rings. The maximum Gasteiger partial charge on any atom is 0.291 e. The molecule has 6 rings (SSSR count). The van der Waals surface area contributed by atoms with Gasteiger partial charge in [0.1, 0.15) is 11.5 Å². The molecule has 34 heavy (non-hydrogen) atoms. The summed E-state index contributed by atoms with van der Waals surface area (Å²) in [6, 6.07) is 19.1. The lowest BCUT2D eigenvalue weighted by Gasteiger charge is -2.00. The van der Waals surface area contributed by atoms with Gasteiger partial charge in [-0.05, 0) is 43.3 Å². The number of rotatable bonds is 4. The summed E-state index contributed by atoms with van der Waals surface area (Å²) in [6.45, 7) is 1.84. The molecule has 7 nitrogen and oxygen atoms in total. The van der Waals surface area contributed by atoms with E-state index in [-0.39, 0.29) is 5.56 Å². The Kier molecular flexibility index (Phi) is 4.90. The Balaban J connectivity index is 1.50. The lowest BCUT2D eigenvalue weighted by Crippen LogP contribution is -2.23. The number of benzene rings is 2. The van der Waals surface area contributed by atoms with Crippen LogP contribution in [0, 0.1) is 6.92 Å². The van der Waals surface area contributed by atoms with Crippen molar-refractivity contribution in [2.45, 2.75) is 6.92 Å². The molecule has 0 spiro atoms. The van der Waals surface area contributed by atoms with Gasteiger partial charge in [0, 0.05) is 22.3 Å². The summed E-state index contributed by atoms with van der Waals surface area (Å²) in [4.78, 5) is 18.2. The zero-order chi connectivity index (χ0) is 23.2. The molecule has 2 aromatic carbocycles. The number of aromatic nitrogens is 5. The highest BCUT2D eigenvalue weighted by atomic mass is 35.5. The number of hydrogen-bond acceptors (Lipinski definition) is 6. The van der Waals surface area contributed by atoms with Crippen molar-refractivity contribution in [3.05, 3.63) is 104 Å². The minimum atomic E-state index is -0.227. The maximum atomic E-state index is 13.1. The SMILES string of the molecule is Cc1occc1-c1nc2s/c(=C\c3cn(-c4ccccc4)nc3-c3ccc(Cl)cc3)c(=O)n2n1. The quantitative estimate of drug-likeness (QED) is 0.359. The van der Waals surface area contributed by atoms with E-state index in [1.807, 2.05) is 73.8 Å². The summed E-state index contributed by atoms with van der Waals surface area (Å²) in [6.07, 6.45) is 5.33. The number of thiazole rings is 1. The monoisotopic (exact) mass is 485 g/mol. The van der Waals surface area contributed by atoms with Gasteiger partial charge in [0.25, 0.3) is 5.56 Å². The smallest absolute Gasteiger partial charge is 0.291 e. The van der Waals surface area contributed by atoms with Crippen molar-refractivity contribution in [2.24, 2.45) is 0 Å². The second kappa shape index (κ2) is 8.09. The van der Waals surface area contributed by atoms with E-state index in [1.165, 1.54) is 15.9 Å². The molecule has 0 bridgehead atoms. The minimum Gasteiger partial charge on any atom is -0.469 e. The van der Waals surface area contributed by atoms with E-state index >= 15 is 0 Å². The lowest BCUT2D eigenvalue weighted by molar-refractivity contribution is 0.535. The van der Waals surface area contributed by atoms with Gasteiger partial charge in [-0.15, -0.1) is 5.10 Å². The van der Waals surface area contributed by atoms with Crippen LogP contribution in [0.2, 0.25) is 5.02 Å². The van der Waals surface area contributed by atoms with Crippen LogP contribution in [-0.4, -0.2) is 24.4 Å². The van der Waals surface area contributed by atoms with Gasteiger partial charge in [-0.25, -0.2) is 4.68 Å². The summed E-state index contributed by atoms with van der Waals surface area (Å²) in [7, 11) is 0. The highest BCUT2D eigenvalue weighted by Gasteiger charge is 2.16. The molecule has 6 aromatic rings. The van der Waals surface area contributed by atoms with Gasteiger partial charge in [-0.1, -0.05) is 53.3 Å². The second-order valence-electron chi connectivity index (χ2n) is 7.66. The van der Waals surface area contributed by atoms with E-state index in [4.69, 9.17) is 21.1 Å². The van der Waals surface area contributed by atoms with Crippen molar-refractivity contribution in [2.75, 3.05) is 0 Å². The number of halogens is 1. The Morgan fingerprint density at radius 2 is 1.82 bits per heavy atom. The summed E-state index contributed by atoms with van der Waals surface area (Å²) in [5.41, 5.74) is 3.91. The van der Waals surface area contributed by atoms with Crippen LogP contribution in [0.3, 0.4) is 0 Å². The van der Waals surface area contributed by atoms with Gasteiger partial charge >= 0.3 is 0 Å². The van der Waals surface area contributed by atoms with Gasteiger partial charge in [0.05, 0.1) is 22.0 Å². The number of para-hydroxylation sites is 1. The van der Waals surface area contributed by atoms with Gasteiger partial charge in [0.15, 0.2) is 5.82 Å². The maximum absolute atomic E-state index is 13.1. The van der Waals surface area contributed by atoms with E-state index in [9.17, 15) is 4.79 Å². The molecular formula is C25H16ClN5O2S. The molecule has 4 heterocycles. The fraction of sp³-hybridized carbons (Fsp3) is 0.0400. The lowest BCUT2D eigenvalue weighted by atomic mass is 10.1. The minimum absolute atomic E-state index is 0.227. The first-order valence-corrected chi connectivity index (χ1v) is 11.6. The summed E-state index contributed by atoms with van der Waals surface area (Å²) in [5.74, 6) is 1.18. The standard InChI is InChI=1S/C25H16ClN5O2S/c1-15-20(11-12-33-15)23-27-25-31(29-23)24(32)21(34-25)13-17-14-30(19-5-3-2-4-6-19)28-22(17)16-7-9-18(26)10-8-16/h2-14H,1H3/b21-13-. The van der Waals surface area contributed by atoms with E-state index < -0.39 is 0 Å². The van der Waals surface area contributed by atoms with E-state index in [2.05, 4.69) is 10.1 Å². The zero-order valence-electron chi connectivity index (χ0n) is 17.8. The molecule has 9 heteroatoms. The number of fused-ring (bicyclic) bond motifs is 1. The Hall–Kier alpha value is -4.01. The number of furan rings is 1. The fourth-order valence-corrected chi connectivity index (χ4v) is 4.77. The molecule has 0 saturated carbocycles. The molecule has 4 aromatic heterocycles. The van der Waals surface area contributed by atoms with Gasteiger partial charge < -0.3 is 4.42 Å². The summed E-state index contributed by atoms with van der Waals surface area (Å²) >= 11 is 7.37. The van der Waals surface area contributed by atoms with Gasteiger partial charge in [0.2, 0.25) is 4.96 Å². The average molecular weight is 486 g/mol. The Bertz CT molecular complexity index is 1750. The van der Waals surface area contributed by atoms with Crippen molar-refractivity contribution >= 4 is 34.0 Å². The van der Waals surface area contributed by atoms with Crippen molar-refractivity contribution in [3.8, 4) is 28.3 Å². The van der Waals surface area contributed by atoms with Crippen LogP contribution in [-0.2, 0) is 0 Å². The van der Waals surface area contributed by atoms with Crippen LogP contribution in [0.4, 0.5) is 0 Å². The third-order valence-electron chi connectivity index (χ3n) is 5.45. The normalized spacial score (nSPS) is 12.1. The third kappa shape index (κ3) is 3.53. The molecule has 0 saturated heterocycles. The van der Waals surface area contributed by atoms with Crippen molar-refractivity contribution in [1.29, 1.82) is 0 Å². The molecule has 0 amide bonds. The molecule has 0 aliphatic rings. The Morgan fingerprint density at radius 3 is 2.53 bits per heavy atom. The summed E-state index contributed by atoms with van der Waals surface area (Å²) in [5, 5.41) is 9.86. The molecule has 0 N–H and O–H groups in total. The van der Waals surface area contributed by atoms with Crippen molar-refractivity contribution < 1.29 is 4.42 Å². The molecule has 0 unspecified atom stereocenters. The first-order valence-electron chi connectivity index (χ1n) is 10.4. The molecule has 0 atom stereocenters. The fourth-order valence-electron chi connectivity index (χ4n) is 3.74. The van der Waals surface area contributed by atoms with E-state index in [0.29, 0.717) is 26.1 Å². The first kappa shape index (κ1) is 20.6. The molecule has 0 aliphatic heterocycles. The van der Waals surface area contributed by atoms with E-state index in [1.54, 1.807) is 17.0 Å². The van der Waals surface area contributed by atoms with E-state index in [0.717, 1.165) is 28.1 Å². The predicted octanol–water partition coefficient (Wildman–Crippen LogP) is 4.77. The molecule has 166 valence electrons. The van der Waals surface area contributed by atoms with Gasteiger partial charge in [-0.2, -0.15) is 14.6 Å². The average Bonchev–Trinajstić information content (AvgIpc) is 3.61. The molecular weight excluding hydrogens is 470 g/mol. The van der Waals surface area contributed by atoms with Crippen LogP contribution in [0.1, 0.15) is 11.3 Å². The van der Waals surface area contributed by atoms with Crippen molar-refractivity contribution in [3.63, 3.8) is 0 Å². The van der Waals surface area contributed by atoms with Crippen LogP contribution in [0.5, 0.6) is 0 Å². The molecule has 0 radical (unpaired) electrons. The van der Waals surface area contributed by atoms with Crippen LogP contribution < -0.4 is 10.1 Å². The van der Waals surface area contributed by atoms with Gasteiger partial charge in [-0.3, -0.25) is 4.79 Å². The third-order valence-corrected chi connectivity index (χ3v) is 6.66. The topological polar surface area (TPSA) is 78.2 Å². The van der Waals surface area contributed by atoms with Crippen LogP contribution in [0.15, 0.2) is 82.3 Å². The number of nitrogens with zero attached hydrogens (tertiary/aromatic N) is 5. The predicted molar refractivity (Wildman–Crippen MR) is 132 cm³/mol. The Morgan fingerprint density at radius 1 is 1.03 bits per heavy atom. The number of aryl methyl sites for hydroxylation is 1. The largest absolute Gasteiger partial charge is 0.469 e. The zero-order valence-corrected chi connectivity index (χ0v) is 19.4. The van der Waals surface area contributed by atoms with Crippen LogP contribution in [0.25, 0.3) is 39.4 Å². The highest BCUT2D eigenvalue weighted by Crippen LogP contribution is 2.26. The highest BCUT2D eigenvalue weighted by molar-refractivity contribution is 7.15. The molecule has 0 aliphatic carbocycles. The summed E-state index contributed by atoms with van der Waals surface area (Å²) < 4.78 is 9.00. The number of hydrogen-bond donors (Lipinski definition) is 0.